The highest BCUT2D eigenvalue weighted by Gasteiger charge is 2.45. The van der Waals surface area contributed by atoms with Crippen molar-refractivity contribution in [2.45, 2.75) is 44.9 Å². The first-order valence-electron chi connectivity index (χ1n) is 5.59. The van der Waals surface area contributed by atoms with Gasteiger partial charge < -0.3 is 0 Å². The van der Waals surface area contributed by atoms with Gasteiger partial charge in [-0.25, -0.2) is 0 Å². The molecule has 2 unspecified atom stereocenters. The van der Waals surface area contributed by atoms with Crippen molar-refractivity contribution in [2.24, 2.45) is 17.3 Å². The van der Waals surface area contributed by atoms with E-state index in [2.05, 4.69) is 12.1 Å². The lowest BCUT2D eigenvalue weighted by Gasteiger charge is -2.33. The average molecular weight is 188 g/mol. The highest BCUT2D eigenvalue weighted by molar-refractivity contribution is 5.09. The van der Waals surface area contributed by atoms with Crippen molar-refractivity contribution in [1.29, 1.82) is 10.5 Å². The lowest BCUT2D eigenvalue weighted by Crippen LogP contribution is -2.20. The fraction of sp³-hybridized carbons (Fsp3) is 0.833. The summed E-state index contributed by atoms with van der Waals surface area (Å²) in [6.07, 6.45) is 8.43. The van der Waals surface area contributed by atoms with Gasteiger partial charge in [0.05, 0.1) is 24.0 Å². The van der Waals surface area contributed by atoms with Crippen LogP contribution in [0.3, 0.4) is 0 Å². The largest absolute Gasteiger partial charge is 0.198 e. The van der Waals surface area contributed by atoms with Crippen molar-refractivity contribution >= 4 is 0 Å². The summed E-state index contributed by atoms with van der Waals surface area (Å²) in [6, 6.07) is 4.63. The maximum absolute atomic E-state index is 8.98. The Morgan fingerprint density at radius 1 is 0.857 bits per heavy atom. The summed E-state index contributed by atoms with van der Waals surface area (Å²) in [6.45, 7) is 0. The van der Waals surface area contributed by atoms with Crippen LogP contribution in [-0.4, -0.2) is 0 Å². The third kappa shape index (κ3) is 1.50. The van der Waals surface area contributed by atoms with Gasteiger partial charge in [-0.1, -0.05) is 19.3 Å². The van der Waals surface area contributed by atoms with E-state index in [4.69, 9.17) is 10.5 Å². The molecule has 2 atom stereocenters. The minimum absolute atomic E-state index is 0.0121. The molecule has 2 heteroatoms. The van der Waals surface area contributed by atoms with Crippen molar-refractivity contribution in [3.8, 4) is 12.1 Å². The molecule has 0 radical (unpaired) electrons. The van der Waals surface area contributed by atoms with Crippen LogP contribution in [0.5, 0.6) is 0 Å². The maximum atomic E-state index is 8.98. The molecular formula is C12H16N2. The highest BCUT2D eigenvalue weighted by Crippen LogP contribution is 2.53. The minimum atomic E-state index is 0.0121. The Balaban J connectivity index is 2.11. The zero-order valence-corrected chi connectivity index (χ0v) is 8.50. The van der Waals surface area contributed by atoms with E-state index in [-0.39, 0.29) is 11.8 Å². The average Bonchev–Trinajstić information content (AvgIpc) is 2.57. The van der Waals surface area contributed by atoms with Gasteiger partial charge in [-0.3, -0.25) is 0 Å². The molecule has 0 aromatic heterocycles. The molecule has 2 saturated carbocycles. The first-order chi connectivity index (χ1) is 6.79. The molecule has 0 amide bonds. The fourth-order valence-electron chi connectivity index (χ4n) is 3.28. The Morgan fingerprint density at radius 3 is 1.79 bits per heavy atom. The maximum Gasteiger partial charge on any atom is 0.0669 e. The lowest BCUT2D eigenvalue weighted by molar-refractivity contribution is 0.191. The normalized spacial score (nSPS) is 35.0. The Hall–Kier alpha value is -1.02. The number of nitriles is 2. The monoisotopic (exact) mass is 188 g/mol. The van der Waals surface area contributed by atoms with Gasteiger partial charge in [-0.2, -0.15) is 10.5 Å². The van der Waals surface area contributed by atoms with Gasteiger partial charge in [0.25, 0.3) is 0 Å². The third-order valence-electron chi connectivity index (χ3n) is 4.04. The summed E-state index contributed by atoms with van der Waals surface area (Å²) in [5.74, 6) is 0.0243. The summed E-state index contributed by atoms with van der Waals surface area (Å²) in [5, 5.41) is 18.0. The Morgan fingerprint density at radius 2 is 1.36 bits per heavy atom. The topological polar surface area (TPSA) is 47.6 Å². The second kappa shape index (κ2) is 3.62. The number of hydrogen-bond acceptors (Lipinski definition) is 2. The summed E-state index contributed by atoms with van der Waals surface area (Å²) in [7, 11) is 0. The molecule has 0 heterocycles. The van der Waals surface area contributed by atoms with Gasteiger partial charge in [0.15, 0.2) is 0 Å². The second-order valence-corrected chi connectivity index (χ2v) is 4.94. The molecule has 0 bridgehead atoms. The van der Waals surface area contributed by atoms with Crippen LogP contribution in [0.15, 0.2) is 0 Å². The summed E-state index contributed by atoms with van der Waals surface area (Å²) in [4.78, 5) is 0. The lowest BCUT2D eigenvalue weighted by atomic mass is 9.72. The molecule has 0 aliphatic heterocycles. The van der Waals surface area contributed by atoms with E-state index >= 15 is 0 Å². The van der Waals surface area contributed by atoms with Crippen LogP contribution >= 0.6 is 0 Å². The van der Waals surface area contributed by atoms with Crippen molar-refractivity contribution in [1.82, 2.24) is 0 Å². The van der Waals surface area contributed by atoms with E-state index in [1.54, 1.807) is 0 Å². The molecule has 74 valence electrons. The van der Waals surface area contributed by atoms with Gasteiger partial charge in [-0.15, -0.1) is 0 Å². The summed E-state index contributed by atoms with van der Waals surface area (Å²) < 4.78 is 0. The fourth-order valence-corrected chi connectivity index (χ4v) is 3.28. The van der Waals surface area contributed by atoms with Crippen molar-refractivity contribution in [2.75, 3.05) is 0 Å². The van der Waals surface area contributed by atoms with E-state index in [1.807, 2.05) is 0 Å². The van der Waals surface area contributed by atoms with E-state index in [9.17, 15) is 0 Å². The molecule has 2 rings (SSSR count). The predicted octanol–water partition coefficient (Wildman–Crippen LogP) is 3.01. The van der Waals surface area contributed by atoms with Gasteiger partial charge in [-0.05, 0) is 31.1 Å². The van der Waals surface area contributed by atoms with E-state index in [1.165, 1.54) is 32.1 Å². The zero-order valence-electron chi connectivity index (χ0n) is 8.50. The van der Waals surface area contributed by atoms with Crippen LogP contribution in [-0.2, 0) is 0 Å². The van der Waals surface area contributed by atoms with Crippen LogP contribution in [0, 0.1) is 39.9 Å². The Labute approximate surface area is 85.5 Å². The first-order valence-corrected chi connectivity index (χ1v) is 5.59. The number of rotatable bonds is 0. The molecule has 1 spiro atoms. The van der Waals surface area contributed by atoms with Crippen LogP contribution in [0.25, 0.3) is 0 Å². The summed E-state index contributed by atoms with van der Waals surface area (Å²) in [5.41, 5.74) is 0.374. The molecule has 2 aliphatic rings. The van der Waals surface area contributed by atoms with Gasteiger partial charge >= 0.3 is 0 Å². The number of nitrogens with zero attached hydrogens (tertiary/aromatic N) is 2. The zero-order chi connectivity index (χ0) is 10.0. The SMILES string of the molecule is N#CC1CC2(CCCCC2)CC1C#N. The molecule has 2 nitrogen and oxygen atoms in total. The molecule has 14 heavy (non-hydrogen) atoms. The molecule has 0 N–H and O–H groups in total. The molecule has 0 saturated heterocycles. The van der Waals surface area contributed by atoms with Crippen LogP contribution in [0.2, 0.25) is 0 Å². The number of hydrogen-bond donors (Lipinski definition) is 0. The van der Waals surface area contributed by atoms with Crippen LogP contribution in [0.1, 0.15) is 44.9 Å². The predicted molar refractivity (Wildman–Crippen MR) is 53.0 cm³/mol. The molecule has 2 fully saturated rings. The standard InChI is InChI=1S/C12H16N2/c13-8-10-6-12(7-11(10)9-14)4-2-1-3-5-12/h10-11H,1-7H2. The Kier molecular flexibility index (Phi) is 2.46. The van der Waals surface area contributed by atoms with Gasteiger partial charge in [0.2, 0.25) is 0 Å². The van der Waals surface area contributed by atoms with Crippen molar-refractivity contribution < 1.29 is 0 Å². The van der Waals surface area contributed by atoms with Crippen LogP contribution in [0.4, 0.5) is 0 Å². The first kappa shape index (κ1) is 9.53. The van der Waals surface area contributed by atoms with Crippen molar-refractivity contribution in [3.63, 3.8) is 0 Å². The van der Waals surface area contributed by atoms with Gasteiger partial charge in [0.1, 0.15) is 0 Å². The highest BCUT2D eigenvalue weighted by atomic mass is 14.5. The Bertz CT molecular complexity index is 264. The van der Waals surface area contributed by atoms with Crippen molar-refractivity contribution in [3.05, 3.63) is 0 Å². The molecular weight excluding hydrogens is 172 g/mol. The summed E-state index contributed by atoms with van der Waals surface area (Å²) >= 11 is 0. The van der Waals surface area contributed by atoms with Crippen LogP contribution < -0.4 is 0 Å². The second-order valence-electron chi connectivity index (χ2n) is 4.94. The smallest absolute Gasteiger partial charge is 0.0669 e. The third-order valence-corrected chi connectivity index (χ3v) is 4.04. The van der Waals surface area contributed by atoms with Gasteiger partial charge in [0, 0.05) is 0 Å². The molecule has 2 aliphatic carbocycles. The van der Waals surface area contributed by atoms with E-state index < -0.39 is 0 Å². The molecule has 0 aromatic carbocycles. The minimum Gasteiger partial charge on any atom is -0.198 e. The van der Waals surface area contributed by atoms with E-state index in [0.717, 1.165) is 12.8 Å². The molecule has 0 aromatic rings. The quantitative estimate of drug-likeness (QED) is 0.586. The van der Waals surface area contributed by atoms with E-state index in [0.29, 0.717) is 5.41 Å².